The predicted octanol–water partition coefficient (Wildman–Crippen LogP) is 3.83. The van der Waals surface area contributed by atoms with Crippen LogP contribution in [-0.4, -0.2) is 38.8 Å². The zero-order chi connectivity index (χ0) is 23.8. The molecule has 0 saturated heterocycles. The summed E-state index contributed by atoms with van der Waals surface area (Å²) < 4.78 is 46.3. The van der Waals surface area contributed by atoms with Gasteiger partial charge in [-0.25, -0.2) is 12.8 Å². The van der Waals surface area contributed by atoms with Crippen molar-refractivity contribution in [2.45, 2.75) is 17.9 Å². The first-order chi connectivity index (χ1) is 15.8. The Labute approximate surface area is 191 Å². The van der Waals surface area contributed by atoms with Gasteiger partial charge in [0.25, 0.3) is 15.9 Å². The highest BCUT2D eigenvalue weighted by Gasteiger charge is 2.21. The van der Waals surface area contributed by atoms with E-state index >= 15 is 0 Å². The van der Waals surface area contributed by atoms with E-state index in [1.54, 1.807) is 0 Å². The van der Waals surface area contributed by atoms with Crippen LogP contribution in [0.15, 0.2) is 83.8 Å². The molecule has 33 heavy (non-hydrogen) atoms. The Morgan fingerprint density at radius 2 is 1.67 bits per heavy atom. The summed E-state index contributed by atoms with van der Waals surface area (Å²) in [4.78, 5) is 26.1. The van der Waals surface area contributed by atoms with E-state index in [9.17, 15) is 22.4 Å². The molecule has 0 aliphatic carbocycles. The van der Waals surface area contributed by atoms with E-state index in [1.165, 1.54) is 54.5 Å². The summed E-state index contributed by atoms with van der Waals surface area (Å²) in [5.74, 6) is -1.64. The fourth-order valence-corrected chi connectivity index (χ4v) is 4.22. The number of anilines is 1. The van der Waals surface area contributed by atoms with Crippen LogP contribution >= 0.6 is 0 Å². The van der Waals surface area contributed by atoms with Crippen LogP contribution in [-0.2, 0) is 26.1 Å². The van der Waals surface area contributed by atoms with Crippen molar-refractivity contribution in [3.63, 3.8) is 0 Å². The average molecular weight is 471 g/mol. The molecule has 0 aliphatic rings. The number of rotatable bonds is 9. The van der Waals surface area contributed by atoms with Crippen molar-refractivity contribution in [1.29, 1.82) is 0 Å². The van der Waals surface area contributed by atoms with Crippen LogP contribution in [0.4, 0.5) is 10.1 Å². The Kier molecular flexibility index (Phi) is 7.78. The Hall–Kier alpha value is -3.72. The standard InChI is InChI=1S/C24H23FN2O5S/c1-32-23(28)14-15-27(17-18-8-3-2-4-9-18)24(29)19-10-7-11-20(16-19)33(30,31)26-22-13-6-5-12-21(22)25/h2-13,16,26H,14-15,17H2,1H3. The predicted molar refractivity (Wildman–Crippen MR) is 121 cm³/mol. The van der Waals surface area contributed by atoms with Gasteiger partial charge in [-0.15, -0.1) is 0 Å². The molecule has 0 heterocycles. The number of benzene rings is 3. The summed E-state index contributed by atoms with van der Waals surface area (Å²) in [6.07, 6.45) is -0.0120. The molecule has 0 aromatic heterocycles. The van der Waals surface area contributed by atoms with Crippen LogP contribution < -0.4 is 4.72 Å². The molecule has 0 bridgehead atoms. The highest BCUT2D eigenvalue weighted by Crippen LogP contribution is 2.21. The van der Waals surface area contributed by atoms with Gasteiger partial charge in [0.15, 0.2) is 0 Å². The molecule has 0 spiro atoms. The van der Waals surface area contributed by atoms with Crippen molar-refractivity contribution in [3.05, 3.63) is 95.8 Å². The van der Waals surface area contributed by atoms with E-state index in [2.05, 4.69) is 9.46 Å². The number of para-hydroxylation sites is 1. The van der Waals surface area contributed by atoms with Crippen LogP contribution in [0.3, 0.4) is 0 Å². The quantitative estimate of drug-likeness (QED) is 0.480. The highest BCUT2D eigenvalue weighted by atomic mass is 32.2. The summed E-state index contributed by atoms with van der Waals surface area (Å²) in [5.41, 5.74) is 0.769. The fraction of sp³-hybridized carbons (Fsp3) is 0.167. The van der Waals surface area contributed by atoms with Crippen molar-refractivity contribution >= 4 is 27.6 Å². The van der Waals surface area contributed by atoms with Crippen LogP contribution in [0, 0.1) is 5.82 Å². The molecule has 1 N–H and O–H groups in total. The van der Waals surface area contributed by atoms with Gasteiger partial charge >= 0.3 is 5.97 Å². The van der Waals surface area contributed by atoms with Gasteiger partial charge in [-0.2, -0.15) is 0 Å². The van der Waals surface area contributed by atoms with Gasteiger partial charge in [-0.1, -0.05) is 48.5 Å². The second-order valence-electron chi connectivity index (χ2n) is 7.15. The lowest BCUT2D eigenvalue weighted by molar-refractivity contribution is -0.140. The number of carbonyl (C=O) groups is 2. The number of hydrogen-bond acceptors (Lipinski definition) is 5. The number of halogens is 1. The molecule has 1 amide bonds. The second kappa shape index (κ2) is 10.7. The van der Waals surface area contributed by atoms with Gasteiger partial charge in [0.05, 0.1) is 24.1 Å². The molecule has 0 atom stereocenters. The number of nitrogens with one attached hydrogen (secondary N) is 1. The summed E-state index contributed by atoms with van der Waals surface area (Å²) in [7, 11) is -2.87. The molecule has 0 aliphatic heterocycles. The van der Waals surface area contributed by atoms with E-state index in [4.69, 9.17) is 0 Å². The molecule has 3 aromatic rings. The Morgan fingerprint density at radius 3 is 2.36 bits per heavy atom. The zero-order valence-electron chi connectivity index (χ0n) is 17.9. The molecule has 3 aromatic carbocycles. The average Bonchev–Trinajstić information content (AvgIpc) is 2.83. The van der Waals surface area contributed by atoms with Crippen molar-refractivity contribution in [2.75, 3.05) is 18.4 Å². The van der Waals surface area contributed by atoms with Crippen molar-refractivity contribution < 1.29 is 27.1 Å². The van der Waals surface area contributed by atoms with Crippen molar-refractivity contribution in [2.24, 2.45) is 0 Å². The molecule has 0 radical (unpaired) electrons. The van der Waals surface area contributed by atoms with Crippen LogP contribution in [0.25, 0.3) is 0 Å². The summed E-state index contributed by atoms with van der Waals surface area (Å²) in [5, 5.41) is 0. The number of esters is 1. The number of methoxy groups -OCH3 is 1. The molecular formula is C24H23FN2O5S. The summed E-state index contributed by atoms with van der Waals surface area (Å²) >= 11 is 0. The smallest absolute Gasteiger partial charge is 0.307 e. The van der Waals surface area contributed by atoms with Crippen LogP contribution in [0.5, 0.6) is 0 Å². The fourth-order valence-electron chi connectivity index (χ4n) is 3.11. The van der Waals surface area contributed by atoms with E-state index in [-0.39, 0.29) is 35.7 Å². The topological polar surface area (TPSA) is 92.8 Å². The third-order valence-corrected chi connectivity index (χ3v) is 6.19. The molecule has 0 unspecified atom stereocenters. The largest absolute Gasteiger partial charge is 0.469 e. The first-order valence-corrected chi connectivity index (χ1v) is 11.6. The number of nitrogens with zero attached hydrogens (tertiary/aromatic N) is 1. The Balaban J connectivity index is 1.86. The lowest BCUT2D eigenvalue weighted by atomic mass is 10.1. The minimum absolute atomic E-state index is 0.0120. The first-order valence-electron chi connectivity index (χ1n) is 10.1. The number of ether oxygens (including phenoxy) is 1. The van der Waals surface area contributed by atoms with Crippen LogP contribution in [0.1, 0.15) is 22.3 Å². The summed E-state index contributed by atoms with van der Waals surface area (Å²) in [6, 6.07) is 20.1. The second-order valence-corrected chi connectivity index (χ2v) is 8.83. The van der Waals surface area contributed by atoms with Gasteiger partial charge in [0.2, 0.25) is 0 Å². The normalized spacial score (nSPS) is 11.0. The Morgan fingerprint density at radius 1 is 0.970 bits per heavy atom. The zero-order valence-corrected chi connectivity index (χ0v) is 18.7. The van der Waals surface area contributed by atoms with Gasteiger partial charge in [0.1, 0.15) is 5.82 Å². The molecule has 0 fully saturated rings. The maximum Gasteiger partial charge on any atom is 0.307 e. The molecule has 7 nitrogen and oxygen atoms in total. The molecule has 0 saturated carbocycles. The number of carbonyl (C=O) groups excluding carboxylic acids is 2. The first kappa shape index (κ1) is 23.9. The number of amides is 1. The van der Waals surface area contributed by atoms with Gasteiger partial charge in [-0.3, -0.25) is 14.3 Å². The number of hydrogen-bond donors (Lipinski definition) is 1. The minimum atomic E-state index is -4.14. The lowest BCUT2D eigenvalue weighted by Gasteiger charge is -2.23. The SMILES string of the molecule is COC(=O)CCN(Cc1ccccc1)C(=O)c1cccc(S(=O)(=O)Nc2ccccc2F)c1. The Bertz CT molecular complexity index is 1230. The molecule has 9 heteroatoms. The maximum absolute atomic E-state index is 13.9. The van der Waals surface area contributed by atoms with Gasteiger partial charge in [0, 0.05) is 18.7 Å². The maximum atomic E-state index is 13.9. The molecular weight excluding hydrogens is 447 g/mol. The number of sulfonamides is 1. The molecule has 172 valence electrons. The van der Waals surface area contributed by atoms with Gasteiger partial charge in [-0.05, 0) is 35.9 Å². The van der Waals surface area contributed by atoms with Crippen molar-refractivity contribution in [3.8, 4) is 0 Å². The van der Waals surface area contributed by atoms with E-state index in [0.29, 0.717) is 0 Å². The molecule has 3 rings (SSSR count). The van der Waals surface area contributed by atoms with Gasteiger partial charge < -0.3 is 9.64 Å². The monoisotopic (exact) mass is 470 g/mol. The van der Waals surface area contributed by atoms with E-state index in [1.807, 2.05) is 30.3 Å². The van der Waals surface area contributed by atoms with Crippen molar-refractivity contribution in [1.82, 2.24) is 4.90 Å². The van der Waals surface area contributed by atoms with Crippen LogP contribution in [0.2, 0.25) is 0 Å². The van der Waals surface area contributed by atoms with E-state index < -0.39 is 27.7 Å². The minimum Gasteiger partial charge on any atom is -0.469 e. The third kappa shape index (κ3) is 6.39. The third-order valence-electron chi connectivity index (χ3n) is 4.83. The highest BCUT2D eigenvalue weighted by molar-refractivity contribution is 7.92. The summed E-state index contributed by atoms with van der Waals surface area (Å²) in [6.45, 7) is 0.311. The lowest BCUT2D eigenvalue weighted by Crippen LogP contribution is -2.33. The van der Waals surface area contributed by atoms with E-state index in [0.717, 1.165) is 11.6 Å².